The van der Waals surface area contributed by atoms with Gasteiger partial charge in [-0.3, -0.25) is 4.79 Å². The number of ether oxygens (including phenoxy) is 2. The van der Waals surface area contributed by atoms with E-state index in [0.717, 1.165) is 17.0 Å². The first-order chi connectivity index (χ1) is 12.0. The third-order valence-electron chi connectivity index (χ3n) is 4.29. The van der Waals surface area contributed by atoms with Crippen LogP contribution >= 0.6 is 0 Å². The van der Waals surface area contributed by atoms with Crippen molar-refractivity contribution >= 4 is 5.91 Å². The third kappa shape index (κ3) is 4.21. The Bertz CT molecular complexity index is 709. The quantitative estimate of drug-likeness (QED) is 0.875. The Morgan fingerprint density at radius 3 is 2.76 bits per heavy atom. The average molecular weight is 346 g/mol. The summed E-state index contributed by atoms with van der Waals surface area (Å²) in [6.07, 6.45) is 3.50. The Balaban J connectivity index is 1.62. The number of carbonyl (C=O) groups is 1. The average Bonchev–Trinajstić information content (AvgIpc) is 2.93. The monoisotopic (exact) mass is 346 g/mol. The Morgan fingerprint density at radius 2 is 2.08 bits per heavy atom. The van der Waals surface area contributed by atoms with Gasteiger partial charge in [0.1, 0.15) is 17.7 Å². The highest BCUT2D eigenvalue weighted by Gasteiger charge is 2.29. The highest BCUT2D eigenvalue weighted by molar-refractivity contribution is 5.93. The van der Waals surface area contributed by atoms with Gasteiger partial charge in [0.15, 0.2) is 0 Å². The molecule has 3 rings (SSSR count). The second kappa shape index (κ2) is 7.71. The van der Waals surface area contributed by atoms with Crippen LogP contribution in [0.4, 0.5) is 0 Å². The molecule has 0 saturated carbocycles. The van der Waals surface area contributed by atoms with E-state index in [4.69, 9.17) is 14.0 Å². The van der Waals surface area contributed by atoms with Crippen LogP contribution in [0.5, 0.6) is 0 Å². The number of amides is 1. The molecule has 2 aromatic rings. The van der Waals surface area contributed by atoms with Crippen LogP contribution in [0.15, 0.2) is 16.9 Å². The maximum Gasteiger partial charge on any atom is 0.254 e. The Kier molecular flexibility index (Phi) is 5.40. The number of aromatic nitrogens is 3. The Labute approximate surface area is 145 Å². The standard InChI is InChI=1S/C17H22N4O4/c1-10-14(11(2)25-21-10)8-24-16-9-23-5-4-15(16)20-17(22)13-6-18-12(3)19-7-13/h6-7,15-16H,4-5,8-9H2,1-3H3,(H,20,22)/t15-,16-/m1/s1. The molecule has 0 bridgehead atoms. The molecule has 8 nitrogen and oxygen atoms in total. The van der Waals surface area contributed by atoms with E-state index < -0.39 is 0 Å². The Hall–Kier alpha value is -2.32. The number of aryl methyl sites for hydroxylation is 3. The molecule has 0 aliphatic carbocycles. The second-order valence-corrected chi connectivity index (χ2v) is 6.11. The molecule has 0 spiro atoms. The van der Waals surface area contributed by atoms with E-state index in [1.807, 2.05) is 13.8 Å². The van der Waals surface area contributed by atoms with Gasteiger partial charge in [-0.1, -0.05) is 5.16 Å². The lowest BCUT2D eigenvalue weighted by atomic mass is 10.1. The molecule has 1 saturated heterocycles. The van der Waals surface area contributed by atoms with Crippen molar-refractivity contribution < 1.29 is 18.8 Å². The molecule has 0 aromatic carbocycles. The van der Waals surface area contributed by atoms with Gasteiger partial charge < -0.3 is 19.3 Å². The molecule has 1 aliphatic rings. The van der Waals surface area contributed by atoms with Gasteiger partial charge in [0.05, 0.1) is 30.5 Å². The number of carbonyl (C=O) groups excluding carboxylic acids is 1. The number of nitrogens with zero attached hydrogens (tertiary/aromatic N) is 3. The van der Waals surface area contributed by atoms with Gasteiger partial charge in [-0.25, -0.2) is 9.97 Å². The summed E-state index contributed by atoms with van der Waals surface area (Å²) in [5, 5.41) is 6.93. The van der Waals surface area contributed by atoms with E-state index in [9.17, 15) is 4.79 Å². The van der Waals surface area contributed by atoms with Crippen molar-refractivity contribution in [2.45, 2.75) is 45.9 Å². The fourth-order valence-electron chi connectivity index (χ4n) is 2.70. The van der Waals surface area contributed by atoms with Crippen LogP contribution in [0, 0.1) is 20.8 Å². The minimum Gasteiger partial charge on any atom is -0.379 e. The van der Waals surface area contributed by atoms with Crippen molar-refractivity contribution in [3.63, 3.8) is 0 Å². The van der Waals surface area contributed by atoms with E-state index in [-0.39, 0.29) is 18.1 Å². The maximum absolute atomic E-state index is 12.4. The summed E-state index contributed by atoms with van der Waals surface area (Å²) in [4.78, 5) is 20.5. The highest BCUT2D eigenvalue weighted by atomic mass is 16.5. The Morgan fingerprint density at radius 1 is 1.32 bits per heavy atom. The van der Waals surface area contributed by atoms with Crippen LogP contribution in [-0.4, -0.2) is 46.4 Å². The van der Waals surface area contributed by atoms with Gasteiger partial charge in [0.2, 0.25) is 0 Å². The lowest BCUT2D eigenvalue weighted by Gasteiger charge is -2.32. The number of nitrogens with one attached hydrogen (secondary N) is 1. The van der Waals surface area contributed by atoms with Gasteiger partial charge in [-0.2, -0.15) is 0 Å². The molecule has 3 heterocycles. The van der Waals surface area contributed by atoms with Crippen molar-refractivity contribution in [1.29, 1.82) is 0 Å². The van der Waals surface area contributed by atoms with Crippen LogP contribution in [-0.2, 0) is 16.1 Å². The van der Waals surface area contributed by atoms with Crippen LogP contribution in [0.1, 0.15) is 39.6 Å². The first-order valence-corrected chi connectivity index (χ1v) is 8.25. The fourth-order valence-corrected chi connectivity index (χ4v) is 2.70. The molecular weight excluding hydrogens is 324 g/mol. The summed E-state index contributed by atoms with van der Waals surface area (Å²) < 4.78 is 16.6. The van der Waals surface area contributed by atoms with Crippen molar-refractivity contribution in [3.05, 3.63) is 40.8 Å². The molecule has 8 heteroatoms. The molecule has 134 valence electrons. The first-order valence-electron chi connectivity index (χ1n) is 8.25. The topological polar surface area (TPSA) is 99.4 Å². The van der Waals surface area contributed by atoms with Crippen LogP contribution in [0.25, 0.3) is 0 Å². The molecule has 25 heavy (non-hydrogen) atoms. The summed E-state index contributed by atoms with van der Waals surface area (Å²) in [5.41, 5.74) is 2.18. The maximum atomic E-state index is 12.4. The molecule has 0 unspecified atom stereocenters. The van der Waals surface area contributed by atoms with Gasteiger partial charge in [0.25, 0.3) is 5.91 Å². The summed E-state index contributed by atoms with van der Waals surface area (Å²) in [6.45, 7) is 6.89. The summed E-state index contributed by atoms with van der Waals surface area (Å²) in [5.74, 6) is 1.16. The van der Waals surface area contributed by atoms with Gasteiger partial charge in [0, 0.05) is 24.6 Å². The van der Waals surface area contributed by atoms with Crippen molar-refractivity contribution in [3.8, 4) is 0 Å². The number of rotatable bonds is 5. The van der Waals surface area contributed by atoms with E-state index >= 15 is 0 Å². The van der Waals surface area contributed by atoms with Crippen LogP contribution in [0.2, 0.25) is 0 Å². The minimum atomic E-state index is -0.238. The molecule has 0 radical (unpaired) electrons. The normalized spacial score (nSPS) is 20.4. The predicted octanol–water partition coefficient (Wildman–Crippen LogP) is 1.49. The second-order valence-electron chi connectivity index (χ2n) is 6.11. The smallest absolute Gasteiger partial charge is 0.254 e. The third-order valence-corrected chi connectivity index (χ3v) is 4.29. The summed E-state index contributed by atoms with van der Waals surface area (Å²) in [7, 11) is 0. The van der Waals surface area contributed by atoms with E-state index in [1.165, 1.54) is 12.4 Å². The van der Waals surface area contributed by atoms with E-state index in [2.05, 4.69) is 20.4 Å². The van der Waals surface area contributed by atoms with Crippen molar-refractivity contribution in [2.24, 2.45) is 0 Å². The van der Waals surface area contributed by atoms with Gasteiger partial charge >= 0.3 is 0 Å². The lowest BCUT2D eigenvalue weighted by Crippen LogP contribution is -2.50. The van der Waals surface area contributed by atoms with Crippen LogP contribution < -0.4 is 5.32 Å². The van der Waals surface area contributed by atoms with E-state index in [0.29, 0.717) is 37.6 Å². The highest BCUT2D eigenvalue weighted by Crippen LogP contribution is 2.18. The van der Waals surface area contributed by atoms with Gasteiger partial charge in [-0.05, 0) is 27.2 Å². The zero-order valence-electron chi connectivity index (χ0n) is 14.6. The fraction of sp³-hybridized carbons (Fsp3) is 0.529. The summed E-state index contributed by atoms with van der Waals surface area (Å²) >= 11 is 0. The largest absolute Gasteiger partial charge is 0.379 e. The molecule has 2 aromatic heterocycles. The molecule has 1 fully saturated rings. The molecular formula is C17H22N4O4. The zero-order chi connectivity index (χ0) is 17.8. The van der Waals surface area contributed by atoms with Gasteiger partial charge in [-0.15, -0.1) is 0 Å². The SMILES string of the molecule is Cc1ncc(C(=O)N[C@@H]2CCOC[C@H]2OCc2c(C)noc2C)cn1. The minimum absolute atomic E-state index is 0.136. The van der Waals surface area contributed by atoms with Crippen molar-refractivity contribution in [1.82, 2.24) is 20.4 Å². The van der Waals surface area contributed by atoms with Crippen molar-refractivity contribution in [2.75, 3.05) is 13.2 Å². The first kappa shape index (κ1) is 17.5. The number of hydrogen-bond donors (Lipinski definition) is 1. The lowest BCUT2D eigenvalue weighted by molar-refractivity contribution is -0.0739. The van der Waals surface area contributed by atoms with E-state index in [1.54, 1.807) is 6.92 Å². The molecule has 2 atom stereocenters. The predicted molar refractivity (Wildman–Crippen MR) is 88.0 cm³/mol. The molecule has 1 N–H and O–H groups in total. The zero-order valence-corrected chi connectivity index (χ0v) is 14.6. The van der Waals surface area contributed by atoms with Crippen LogP contribution in [0.3, 0.4) is 0 Å². The molecule has 1 aliphatic heterocycles. The summed E-state index contributed by atoms with van der Waals surface area (Å²) in [6, 6.07) is -0.136. The number of hydrogen-bond acceptors (Lipinski definition) is 7. The molecule has 1 amide bonds.